The molecular weight excluding hydrogens is 321 g/mol. The van der Waals surface area contributed by atoms with Crippen molar-refractivity contribution >= 4 is 29.2 Å². The maximum atomic E-state index is 6.14. The second-order valence-corrected chi connectivity index (χ2v) is 5.40. The van der Waals surface area contributed by atoms with Crippen molar-refractivity contribution in [1.29, 1.82) is 0 Å². The molecule has 0 aromatic heterocycles. The fourth-order valence-corrected chi connectivity index (χ4v) is 2.21. The molecule has 0 aliphatic rings. The summed E-state index contributed by atoms with van der Waals surface area (Å²) in [6, 6.07) is 13.2. The molecule has 0 saturated heterocycles. The zero-order valence-corrected chi connectivity index (χ0v) is 13.7. The number of hydrogen-bond acceptors (Lipinski definition) is 2. The Bertz CT molecular complexity index is 674. The van der Waals surface area contributed by atoms with Crippen molar-refractivity contribution in [3.05, 3.63) is 63.6 Å². The third-order valence-corrected chi connectivity index (χ3v) is 3.90. The molecule has 3 N–H and O–H groups in total. The summed E-state index contributed by atoms with van der Waals surface area (Å²) in [7, 11) is 1.64. The highest BCUT2D eigenvalue weighted by Crippen LogP contribution is 2.26. The number of halogens is 2. The Balaban J connectivity index is 2.00. The van der Waals surface area contributed by atoms with Crippen molar-refractivity contribution in [3.63, 3.8) is 0 Å². The molecule has 2 rings (SSSR count). The minimum absolute atomic E-state index is 0.356. The van der Waals surface area contributed by atoms with Gasteiger partial charge in [0.15, 0.2) is 5.96 Å². The highest BCUT2D eigenvalue weighted by atomic mass is 35.5. The van der Waals surface area contributed by atoms with Gasteiger partial charge < -0.3 is 15.8 Å². The van der Waals surface area contributed by atoms with Crippen LogP contribution >= 0.6 is 23.2 Å². The smallest absolute Gasteiger partial charge is 0.188 e. The maximum Gasteiger partial charge on any atom is 0.188 e. The van der Waals surface area contributed by atoms with Crippen molar-refractivity contribution in [2.24, 2.45) is 10.7 Å². The summed E-state index contributed by atoms with van der Waals surface area (Å²) in [5.74, 6) is 1.15. The van der Waals surface area contributed by atoms with E-state index in [1.165, 1.54) is 0 Å². The minimum atomic E-state index is 0.356. The van der Waals surface area contributed by atoms with Crippen LogP contribution in [0.25, 0.3) is 0 Å². The lowest BCUT2D eigenvalue weighted by molar-refractivity contribution is 0.306. The summed E-state index contributed by atoms with van der Waals surface area (Å²) in [5, 5.41) is 4.05. The first-order valence-corrected chi connectivity index (χ1v) is 7.46. The molecule has 0 saturated carbocycles. The molecule has 0 amide bonds. The van der Waals surface area contributed by atoms with Crippen molar-refractivity contribution in [2.45, 2.75) is 13.2 Å². The monoisotopic (exact) mass is 337 g/mol. The van der Waals surface area contributed by atoms with E-state index in [4.69, 9.17) is 33.7 Å². The number of aliphatic imine (C=N–C) groups is 1. The van der Waals surface area contributed by atoms with Gasteiger partial charge in [-0.3, -0.25) is 4.99 Å². The quantitative estimate of drug-likeness (QED) is 0.647. The average Bonchev–Trinajstić information content (AvgIpc) is 2.54. The Morgan fingerprint density at radius 2 is 2.00 bits per heavy atom. The molecule has 0 fully saturated rings. The van der Waals surface area contributed by atoms with E-state index < -0.39 is 0 Å². The largest absolute Gasteiger partial charge is 0.489 e. The Morgan fingerprint density at radius 3 is 2.77 bits per heavy atom. The average molecular weight is 338 g/mol. The third kappa shape index (κ3) is 4.55. The van der Waals surface area contributed by atoms with E-state index in [2.05, 4.69) is 10.3 Å². The van der Waals surface area contributed by atoms with E-state index >= 15 is 0 Å². The highest BCUT2D eigenvalue weighted by Gasteiger charge is 2.05. The van der Waals surface area contributed by atoms with E-state index in [-0.39, 0.29) is 0 Å². The van der Waals surface area contributed by atoms with Crippen LogP contribution in [-0.2, 0) is 13.2 Å². The fourth-order valence-electron chi connectivity index (χ4n) is 1.84. The van der Waals surface area contributed by atoms with Gasteiger partial charge in [0, 0.05) is 19.2 Å². The Labute approximate surface area is 139 Å². The molecule has 116 valence electrons. The molecule has 4 nitrogen and oxygen atoms in total. The summed E-state index contributed by atoms with van der Waals surface area (Å²) in [5.41, 5.74) is 7.49. The lowest BCUT2D eigenvalue weighted by atomic mass is 10.2. The van der Waals surface area contributed by atoms with Crippen molar-refractivity contribution in [2.75, 3.05) is 7.05 Å². The molecule has 0 unspecified atom stereocenters. The van der Waals surface area contributed by atoms with Crippen molar-refractivity contribution < 1.29 is 4.74 Å². The molecule has 0 aliphatic heterocycles. The van der Waals surface area contributed by atoms with Gasteiger partial charge in [-0.1, -0.05) is 47.5 Å². The number of rotatable bonds is 5. The normalized spacial score (nSPS) is 11.3. The zero-order chi connectivity index (χ0) is 15.9. The summed E-state index contributed by atoms with van der Waals surface area (Å²) in [4.78, 5) is 3.84. The first-order valence-electron chi connectivity index (χ1n) is 6.71. The topological polar surface area (TPSA) is 59.6 Å². The standard InChI is InChI=1S/C16H17Cl2N3O/c1-20-16(19)21-9-11-4-2-6-13(8-11)22-10-12-5-3-7-14(17)15(12)18/h2-8H,9-10H2,1H3,(H3,19,20,21). The van der Waals surface area contributed by atoms with Crippen molar-refractivity contribution in [3.8, 4) is 5.75 Å². The Morgan fingerprint density at radius 1 is 1.23 bits per heavy atom. The first-order chi connectivity index (χ1) is 10.6. The van der Waals surface area contributed by atoms with Crippen LogP contribution < -0.4 is 15.8 Å². The number of nitrogens with two attached hydrogens (primary N) is 1. The lowest BCUT2D eigenvalue weighted by Gasteiger charge is -2.10. The summed E-state index contributed by atoms with van der Waals surface area (Å²) in [6.07, 6.45) is 0. The van der Waals surface area contributed by atoms with Gasteiger partial charge in [-0.2, -0.15) is 0 Å². The third-order valence-electron chi connectivity index (χ3n) is 3.04. The highest BCUT2D eigenvalue weighted by molar-refractivity contribution is 6.42. The molecule has 0 heterocycles. The van der Waals surface area contributed by atoms with Gasteiger partial charge in [0.1, 0.15) is 12.4 Å². The van der Waals surface area contributed by atoms with E-state index in [1.54, 1.807) is 13.1 Å². The predicted molar refractivity (Wildman–Crippen MR) is 91.6 cm³/mol. The molecule has 0 bridgehead atoms. The Kier molecular flexibility index (Phi) is 5.92. The van der Waals surface area contributed by atoms with Crippen LogP contribution in [0.5, 0.6) is 5.75 Å². The molecule has 2 aromatic carbocycles. The molecule has 6 heteroatoms. The number of ether oxygens (including phenoxy) is 1. The molecule has 0 spiro atoms. The molecule has 0 atom stereocenters. The summed E-state index contributed by atoms with van der Waals surface area (Å²) >= 11 is 12.1. The van der Waals surface area contributed by atoms with Gasteiger partial charge in [0.2, 0.25) is 0 Å². The summed E-state index contributed by atoms with van der Waals surface area (Å²) in [6.45, 7) is 0.938. The maximum absolute atomic E-state index is 6.14. The molecule has 2 aromatic rings. The van der Waals surface area contributed by atoms with E-state index in [0.29, 0.717) is 29.2 Å². The molecule has 22 heavy (non-hydrogen) atoms. The van der Waals surface area contributed by atoms with Crippen LogP contribution in [0.3, 0.4) is 0 Å². The van der Waals surface area contributed by atoms with E-state index in [1.807, 2.05) is 36.4 Å². The van der Waals surface area contributed by atoms with Gasteiger partial charge in [-0.05, 0) is 23.8 Å². The Hall–Kier alpha value is -1.91. The number of guanidine groups is 1. The van der Waals surface area contributed by atoms with Crippen LogP contribution in [0.1, 0.15) is 11.1 Å². The van der Waals surface area contributed by atoms with Crippen molar-refractivity contribution in [1.82, 2.24) is 5.32 Å². The van der Waals surface area contributed by atoms with Gasteiger partial charge in [0.05, 0.1) is 10.0 Å². The SMILES string of the molecule is C/N=C(\N)NCc1cccc(OCc2cccc(Cl)c2Cl)c1. The predicted octanol–water partition coefficient (Wildman–Crippen LogP) is 3.61. The molecule has 0 aliphatic carbocycles. The van der Waals surface area contributed by atoms with Crippen LogP contribution in [0.2, 0.25) is 10.0 Å². The second-order valence-electron chi connectivity index (χ2n) is 4.61. The first kappa shape index (κ1) is 16.5. The minimum Gasteiger partial charge on any atom is -0.489 e. The van der Waals surface area contributed by atoms with Gasteiger partial charge in [0.25, 0.3) is 0 Å². The number of nitrogens with zero attached hydrogens (tertiary/aromatic N) is 1. The van der Waals surface area contributed by atoms with Gasteiger partial charge >= 0.3 is 0 Å². The van der Waals surface area contributed by atoms with E-state index in [0.717, 1.165) is 16.9 Å². The molecule has 0 radical (unpaired) electrons. The zero-order valence-electron chi connectivity index (χ0n) is 12.1. The van der Waals surface area contributed by atoms with Crippen LogP contribution in [0, 0.1) is 0 Å². The van der Waals surface area contributed by atoms with Gasteiger partial charge in [-0.15, -0.1) is 0 Å². The summed E-state index contributed by atoms with van der Waals surface area (Å²) < 4.78 is 5.77. The van der Waals surface area contributed by atoms with Crippen LogP contribution in [0.15, 0.2) is 47.5 Å². The number of hydrogen-bond donors (Lipinski definition) is 2. The van der Waals surface area contributed by atoms with E-state index in [9.17, 15) is 0 Å². The number of nitrogens with one attached hydrogen (secondary N) is 1. The van der Waals surface area contributed by atoms with Gasteiger partial charge in [-0.25, -0.2) is 0 Å². The van der Waals surface area contributed by atoms with Crippen LogP contribution in [0.4, 0.5) is 0 Å². The molecular formula is C16H17Cl2N3O. The van der Waals surface area contributed by atoms with Crippen LogP contribution in [-0.4, -0.2) is 13.0 Å². The number of benzene rings is 2. The fraction of sp³-hybridized carbons (Fsp3) is 0.188. The lowest BCUT2D eigenvalue weighted by Crippen LogP contribution is -2.30. The second kappa shape index (κ2) is 7.92.